The minimum Gasteiger partial charge on any atom is -0.369 e. The van der Waals surface area contributed by atoms with E-state index in [4.69, 9.17) is 11.5 Å². The molecule has 3 aliphatic rings. The third-order valence-electron chi connectivity index (χ3n) is 5.81. The number of hydrazine groups is 1. The SMILES string of the molecule is CN1CCC(C(=O)NC2CCc3ncc(C4(N)N=C(N)NN4)cc3C2)CC1. The summed E-state index contributed by atoms with van der Waals surface area (Å²) < 4.78 is 0. The molecule has 1 amide bonds. The molecule has 3 heterocycles. The number of carbonyl (C=O) groups excluding carboxylic acids is 1. The Bertz CT molecular complexity index is 758. The van der Waals surface area contributed by atoms with Crippen LogP contribution in [-0.4, -0.2) is 47.9 Å². The first-order valence-corrected chi connectivity index (χ1v) is 9.57. The highest BCUT2D eigenvalue weighted by molar-refractivity contribution is 5.80. The van der Waals surface area contributed by atoms with E-state index in [0.717, 1.165) is 62.0 Å². The van der Waals surface area contributed by atoms with Gasteiger partial charge in [0.05, 0.1) is 0 Å². The largest absolute Gasteiger partial charge is 0.369 e. The molecule has 9 nitrogen and oxygen atoms in total. The molecule has 2 atom stereocenters. The van der Waals surface area contributed by atoms with Gasteiger partial charge in [0.25, 0.3) is 0 Å². The molecule has 0 saturated carbocycles. The van der Waals surface area contributed by atoms with Crippen LogP contribution in [0.3, 0.4) is 0 Å². The molecule has 27 heavy (non-hydrogen) atoms. The van der Waals surface area contributed by atoms with Gasteiger partial charge in [-0.25, -0.2) is 4.99 Å². The lowest BCUT2D eigenvalue weighted by Gasteiger charge is -2.31. The molecule has 0 spiro atoms. The average Bonchev–Trinajstić information content (AvgIpc) is 3.01. The minimum absolute atomic E-state index is 0.130. The van der Waals surface area contributed by atoms with E-state index in [9.17, 15) is 4.79 Å². The number of likely N-dealkylation sites (tertiary alicyclic amines) is 1. The van der Waals surface area contributed by atoms with Gasteiger partial charge in [-0.15, -0.1) is 0 Å². The Morgan fingerprint density at radius 3 is 2.85 bits per heavy atom. The fourth-order valence-electron chi connectivity index (χ4n) is 4.08. The van der Waals surface area contributed by atoms with Gasteiger partial charge in [-0.05, 0) is 63.9 Å². The Kier molecular flexibility index (Phi) is 4.75. The Morgan fingerprint density at radius 1 is 1.37 bits per heavy atom. The van der Waals surface area contributed by atoms with E-state index in [1.165, 1.54) is 0 Å². The van der Waals surface area contributed by atoms with Gasteiger partial charge in [-0.1, -0.05) is 0 Å². The standard InChI is InChI=1S/C18H28N8O/c1-26-6-4-11(5-7-26)16(27)22-14-2-3-15-12(9-14)8-13(10-21-15)18(20)23-17(19)24-25-18/h8,10-11,14,25H,2-7,9,20H2,1H3,(H,22,27)(H3,19,23,24). The first-order valence-electron chi connectivity index (χ1n) is 9.57. The topological polar surface area (TPSA) is 134 Å². The summed E-state index contributed by atoms with van der Waals surface area (Å²) >= 11 is 0. The van der Waals surface area contributed by atoms with Crippen molar-refractivity contribution in [3.05, 3.63) is 29.1 Å². The van der Waals surface area contributed by atoms with Crippen molar-refractivity contribution < 1.29 is 4.79 Å². The molecule has 2 unspecified atom stereocenters. The monoisotopic (exact) mass is 372 g/mol. The van der Waals surface area contributed by atoms with Crippen LogP contribution in [0.2, 0.25) is 0 Å². The number of nitrogens with one attached hydrogen (secondary N) is 3. The zero-order chi connectivity index (χ0) is 19.0. The number of nitrogens with zero attached hydrogens (tertiary/aromatic N) is 3. The van der Waals surface area contributed by atoms with Crippen molar-refractivity contribution in [3.63, 3.8) is 0 Å². The van der Waals surface area contributed by atoms with Crippen molar-refractivity contribution in [2.24, 2.45) is 22.4 Å². The number of fused-ring (bicyclic) bond motifs is 1. The maximum absolute atomic E-state index is 12.6. The number of guanidine groups is 1. The molecule has 0 radical (unpaired) electrons. The zero-order valence-corrected chi connectivity index (χ0v) is 15.7. The van der Waals surface area contributed by atoms with Crippen molar-refractivity contribution >= 4 is 11.9 Å². The fourth-order valence-corrected chi connectivity index (χ4v) is 4.08. The van der Waals surface area contributed by atoms with Crippen molar-refractivity contribution in [1.29, 1.82) is 0 Å². The van der Waals surface area contributed by atoms with Gasteiger partial charge in [0, 0.05) is 29.4 Å². The number of nitrogens with two attached hydrogens (primary N) is 2. The predicted molar refractivity (Wildman–Crippen MR) is 102 cm³/mol. The summed E-state index contributed by atoms with van der Waals surface area (Å²) in [6, 6.07) is 2.16. The summed E-state index contributed by atoms with van der Waals surface area (Å²) in [5, 5.41) is 3.26. The summed E-state index contributed by atoms with van der Waals surface area (Å²) in [5.74, 6) is -0.546. The number of amides is 1. The number of hydrogen-bond acceptors (Lipinski definition) is 8. The van der Waals surface area contributed by atoms with E-state index in [2.05, 4.69) is 38.1 Å². The first-order chi connectivity index (χ1) is 12.9. The van der Waals surface area contributed by atoms with Crippen LogP contribution < -0.4 is 27.6 Å². The van der Waals surface area contributed by atoms with Gasteiger partial charge in [-0.3, -0.25) is 20.9 Å². The van der Waals surface area contributed by atoms with E-state index in [0.29, 0.717) is 0 Å². The fraction of sp³-hybridized carbons (Fsp3) is 0.611. The highest BCUT2D eigenvalue weighted by atomic mass is 16.1. The van der Waals surface area contributed by atoms with E-state index in [1.54, 1.807) is 6.20 Å². The van der Waals surface area contributed by atoms with E-state index >= 15 is 0 Å². The molecule has 4 rings (SSSR count). The molecule has 7 N–H and O–H groups in total. The number of pyridine rings is 1. The molecule has 0 aromatic carbocycles. The lowest BCUT2D eigenvalue weighted by Crippen LogP contribution is -2.50. The Labute approximate surface area is 158 Å². The lowest BCUT2D eigenvalue weighted by atomic mass is 9.89. The quantitative estimate of drug-likeness (QED) is 0.454. The van der Waals surface area contributed by atoms with Crippen molar-refractivity contribution in [3.8, 4) is 0 Å². The van der Waals surface area contributed by atoms with Crippen LogP contribution in [0.25, 0.3) is 0 Å². The van der Waals surface area contributed by atoms with Crippen LogP contribution in [0.4, 0.5) is 0 Å². The zero-order valence-electron chi connectivity index (χ0n) is 15.7. The van der Waals surface area contributed by atoms with Gasteiger partial charge >= 0.3 is 0 Å². The van der Waals surface area contributed by atoms with Crippen LogP contribution >= 0.6 is 0 Å². The normalized spacial score (nSPS) is 29.0. The van der Waals surface area contributed by atoms with E-state index < -0.39 is 5.79 Å². The third-order valence-corrected chi connectivity index (χ3v) is 5.81. The van der Waals surface area contributed by atoms with Gasteiger partial charge in [0.2, 0.25) is 17.7 Å². The number of rotatable bonds is 3. The molecular formula is C18H28N8O. The van der Waals surface area contributed by atoms with E-state index in [-0.39, 0.29) is 23.8 Å². The highest BCUT2D eigenvalue weighted by Gasteiger charge is 2.33. The maximum atomic E-state index is 12.6. The minimum atomic E-state index is -1.11. The van der Waals surface area contributed by atoms with Crippen LogP contribution in [0.5, 0.6) is 0 Å². The van der Waals surface area contributed by atoms with Crippen LogP contribution in [0.15, 0.2) is 17.3 Å². The van der Waals surface area contributed by atoms with E-state index in [1.807, 2.05) is 6.07 Å². The van der Waals surface area contributed by atoms with Crippen molar-refractivity contribution in [1.82, 2.24) is 26.1 Å². The molecule has 1 aliphatic carbocycles. The Morgan fingerprint density at radius 2 is 2.15 bits per heavy atom. The second-order valence-electron chi connectivity index (χ2n) is 7.87. The van der Waals surface area contributed by atoms with Gasteiger partial charge in [-0.2, -0.15) is 5.43 Å². The molecule has 2 aliphatic heterocycles. The second kappa shape index (κ2) is 7.06. The summed E-state index contributed by atoms with van der Waals surface area (Å²) in [6.07, 6.45) is 6.14. The Hall–Kier alpha value is -2.23. The number of hydrogen-bond donors (Lipinski definition) is 5. The number of aryl methyl sites for hydroxylation is 1. The third kappa shape index (κ3) is 3.76. The average molecular weight is 372 g/mol. The molecule has 1 aromatic rings. The summed E-state index contributed by atoms with van der Waals surface area (Å²) in [5.41, 5.74) is 20.5. The molecule has 0 bridgehead atoms. The number of carbonyl (C=O) groups is 1. The van der Waals surface area contributed by atoms with Gasteiger partial charge < -0.3 is 16.0 Å². The lowest BCUT2D eigenvalue weighted by molar-refractivity contribution is -0.127. The number of piperidine rings is 1. The molecule has 1 aromatic heterocycles. The second-order valence-corrected chi connectivity index (χ2v) is 7.87. The highest BCUT2D eigenvalue weighted by Crippen LogP contribution is 2.26. The summed E-state index contributed by atoms with van der Waals surface area (Å²) in [4.78, 5) is 23.7. The van der Waals surface area contributed by atoms with Gasteiger partial charge in [0.15, 0.2) is 0 Å². The summed E-state index contributed by atoms with van der Waals surface area (Å²) in [7, 11) is 2.10. The Balaban J connectivity index is 1.43. The number of aromatic nitrogens is 1. The first kappa shape index (κ1) is 18.1. The van der Waals surface area contributed by atoms with Gasteiger partial charge in [0.1, 0.15) is 0 Å². The molecule has 1 saturated heterocycles. The van der Waals surface area contributed by atoms with Crippen LogP contribution in [-0.2, 0) is 23.4 Å². The molecule has 146 valence electrons. The number of aliphatic imine (C=N–C) groups is 1. The van der Waals surface area contributed by atoms with Crippen molar-refractivity contribution in [2.45, 2.75) is 43.9 Å². The molecular weight excluding hydrogens is 344 g/mol. The summed E-state index contributed by atoms with van der Waals surface area (Å²) in [6.45, 7) is 1.98. The van der Waals surface area contributed by atoms with Crippen LogP contribution in [0.1, 0.15) is 36.1 Å². The predicted octanol–water partition coefficient (Wildman–Crippen LogP) is -1.11. The molecule has 1 fully saturated rings. The maximum Gasteiger partial charge on any atom is 0.223 e. The molecule has 9 heteroatoms. The van der Waals surface area contributed by atoms with Crippen LogP contribution in [0, 0.1) is 5.92 Å². The van der Waals surface area contributed by atoms with Crippen molar-refractivity contribution in [2.75, 3.05) is 20.1 Å². The smallest absolute Gasteiger partial charge is 0.223 e.